The van der Waals surface area contributed by atoms with Crippen molar-refractivity contribution in [2.75, 3.05) is 18.4 Å². The highest BCUT2D eigenvalue weighted by Crippen LogP contribution is 2.22. The quantitative estimate of drug-likeness (QED) is 0.682. The van der Waals surface area contributed by atoms with E-state index in [0.717, 1.165) is 19.5 Å². The first-order chi connectivity index (χ1) is 6.40. The van der Waals surface area contributed by atoms with Gasteiger partial charge in [0.2, 0.25) is 0 Å². The molecule has 0 saturated heterocycles. The molecule has 2 heteroatoms. The van der Waals surface area contributed by atoms with Crippen LogP contribution in [0.15, 0.2) is 24.3 Å². The summed E-state index contributed by atoms with van der Waals surface area (Å²) in [6.07, 6.45) is 2.37. The molecule has 70 valence electrons. The van der Waals surface area contributed by atoms with Gasteiger partial charge < -0.3 is 11.1 Å². The molecule has 0 aromatic heterocycles. The maximum Gasteiger partial charge on any atom is 0.0372 e. The van der Waals surface area contributed by atoms with Gasteiger partial charge in [0.05, 0.1) is 0 Å². The Labute approximate surface area is 79.1 Å². The van der Waals surface area contributed by atoms with Gasteiger partial charge in [0, 0.05) is 12.2 Å². The van der Waals surface area contributed by atoms with Crippen LogP contribution in [0, 0.1) is 5.92 Å². The van der Waals surface area contributed by atoms with E-state index in [0.29, 0.717) is 5.92 Å². The topological polar surface area (TPSA) is 38.0 Å². The number of hydrogen-bond acceptors (Lipinski definition) is 2. The number of rotatable bonds is 1. The molecule has 0 bridgehead atoms. The van der Waals surface area contributed by atoms with E-state index in [4.69, 9.17) is 5.73 Å². The second-order valence-corrected chi connectivity index (χ2v) is 3.68. The highest BCUT2D eigenvalue weighted by atomic mass is 14.9. The zero-order valence-electron chi connectivity index (χ0n) is 7.79. The Bertz CT molecular complexity index is 256. The van der Waals surface area contributed by atoms with Gasteiger partial charge in [0.25, 0.3) is 0 Å². The van der Waals surface area contributed by atoms with Crippen molar-refractivity contribution in [1.82, 2.24) is 0 Å². The van der Waals surface area contributed by atoms with Gasteiger partial charge in [-0.15, -0.1) is 0 Å². The monoisotopic (exact) mass is 176 g/mol. The lowest BCUT2D eigenvalue weighted by atomic mass is 10.0. The minimum atomic E-state index is 0.632. The first kappa shape index (κ1) is 8.57. The highest BCUT2D eigenvalue weighted by Gasteiger charge is 2.13. The summed E-state index contributed by atoms with van der Waals surface area (Å²) in [7, 11) is 0. The standard InChI is InChI=1S/C11H16N2/c12-7-9-5-6-10-3-1-2-4-11(10)13-8-9/h1-4,9,13H,5-8,12H2. The van der Waals surface area contributed by atoms with Crippen molar-refractivity contribution in [2.45, 2.75) is 12.8 Å². The summed E-state index contributed by atoms with van der Waals surface area (Å²) in [5.74, 6) is 0.632. The van der Waals surface area contributed by atoms with Crippen molar-refractivity contribution in [2.24, 2.45) is 11.7 Å². The third-order valence-electron chi connectivity index (χ3n) is 2.75. The molecule has 0 spiro atoms. The lowest BCUT2D eigenvalue weighted by molar-refractivity contribution is 0.531. The second-order valence-electron chi connectivity index (χ2n) is 3.68. The van der Waals surface area contributed by atoms with E-state index in [2.05, 4.69) is 29.6 Å². The molecule has 0 fully saturated rings. The maximum atomic E-state index is 5.67. The molecule has 0 aliphatic carbocycles. The Hall–Kier alpha value is -1.02. The molecule has 1 unspecified atom stereocenters. The van der Waals surface area contributed by atoms with Crippen molar-refractivity contribution >= 4 is 5.69 Å². The van der Waals surface area contributed by atoms with Crippen LogP contribution in [0.3, 0.4) is 0 Å². The number of fused-ring (bicyclic) bond motifs is 1. The minimum absolute atomic E-state index is 0.632. The fourth-order valence-corrected chi connectivity index (χ4v) is 1.83. The van der Waals surface area contributed by atoms with E-state index in [-0.39, 0.29) is 0 Å². The van der Waals surface area contributed by atoms with Gasteiger partial charge >= 0.3 is 0 Å². The number of aryl methyl sites for hydroxylation is 1. The largest absolute Gasteiger partial charge is 0.384 e. The molecule has 2 rings (SSSR count). The van der Waals surface area contributed by atoms with Crippen molar-refractivity contribution in [3.05, 3.63) is 29.8 Å². The molecule has 3 N–H and O–H groups in total. The molecular weight excluding hydrogens is 160 g/mol. The lowest BCUT2D eigenvalue weighted by Crippen LogP contribution is -2.21. The van der Waals surface area contributed by atoms with Crippen molar-refractivity contribution < 1.29 is 0 Å². The molecule has 1 heterocycles. The first-order valence-electron chi connectivity index (χ1n) is 4.92. The third-order valence-corrected chi connectivity index (χ3v) is 2.75. The van der Waals surface area contributed by atoms with Gasteiger partial charge in [-0.05, 0) is 36.9 Å². The maximum absolute atomic E-state index is 5.67. The highest BCUT2D eigenvalue weighted by molar-refractivity contribution is 5.51. The SMILES string of the molecule is NCC1CCc2ccccc2NC1. The fourth-order valence-electron chi connectivity index (χ4n) is 1.83. The zero-order chi connectivity index (χ0) is 9.10. The summed E-state index contributed by atoms with van der Waals surface area (Å²) < 4.78 is 0. The van der Waals surface area contributed by atoms with Gasteiger partial charge in [-0.25, -0.2) is 0 Å². The van der Waals surface area contributed by atoms with E-state index in [1.165, 1.54) is 17.7 Å². The van der Waals surface area contributed by atoms with E-state index in [1.54, 1.807) is 0 Å². The summed E-state index contributed by atoms with van der Waals surface area (Å²) >= 11 is 0. The molecule has 13 heavy (non-hydrogen) atoms. The van der Waals surface area contributed by atoms with Crippen LogP contribution >= 0.6 is 0 Å². The van der Waals surface area contributed by atoms with Crippen LogP contribution in [-0.4, -0.2) is 13.1 Å². The molecular formula is C11H16N2. The van der Waals surface area contributed by atoms with Crippen LogP contribution in [0.5, 0.6) is 0 Å². The molecule has 1 aliphatic heterocycles. The molecule has 2 nitrogen and oxygen atoms in total. The minimum Gasteiger partial charge on any atom is -0.384 e. The van der Waals surface area contributed by atoms with E-state index >= 15 is 0 Å². The zero-order valence-corrected chi connectivity index (χ0v) is 7.79. The Morgan fingerprint density at radius 3 is 3.08 bits per heavy atom. The van der Waals surface area contributed by atoms with Crippen LogP contribution in [0.1, 0.15) is 12.0 Å². The second kappa shape index (κ2) is 3.79. The fraction of sp³-hybridized carbons (Fsp3) is 0.455. The first-order valence-corrected chi connectivity index (χ1v) is 4.92. The van der Waals surface area contributed by atoms with Gasteiger partial charge in [-0.2, -0.15) is 0 Å². The Morgan fingerprint density at radius 2 is 2.23 bits per heavy atom. The average molecular weight is 176 g/mol. The van der Waals surface area contributed by atoms with Crippen LogP contribution in [0.2, 0.25) is 0 Å². The normalized spacial score (nSPS) is 21.5. The van der Waals surface area contributed by atoms with Gasteiger partial charge in [-0.1, -0.05) is 18.2 Å². The smallest absolute Gasteiger partial charge is 0.0372 e. The van der Waals surface area contributed by atoms with Crippen LogP contribution < -0.4 is 11.1 Å². The number of benzene rings is 1. The number of hydrogen-bond donors (Lipinski definition) is 2. The van der Waals surface area contributed by atoms with Crippen molar-refractivity contribution in [3.8, 4) is 0 Å². The third kappa shape index (κ3) is 1.83. The molecule has 1 aromatic carbocycles. The van der Waals surface area contributed by atoms with Crippen LogP contribution in [0.4, 0.5) is 5.69 Å². The summed E-state index contributed by atoms with van der Waals surface area (Å²) in [6.45, 7) is 1.81. The average Bonchev–Trinajstić information content (AvgIpc) is 2.39. The van der Waals surface area contributed by atoms with E-state index in [1.807, 2.05) is 0 Å². The molecule has 0 radical (unpaired) electrons. The van der Waals surface area contributed by atoms with Crippen LogP contribution in [0.25, 0.3) is 0 Å². The Balaban J connectivity index is 2.17. The summed E-state index contributed by atoms with van der Waals surface area (Å²) in [5.41, 5.74) is 8.39. The van der Waals surface area contributed by atoms with Crippen molar-refractivity contribution in [3.63, 3.8) is 0 Å². The van der Waals surface area contributed by atoms with Crippen molar-refractivity contribution in [1.29, 1.82) is 0 Å². The summed E-state index contributed by atoms with van der Waals surface area (Å²) in [5, 5.41) is 3.45. The Morgan fingerprint density at radius 1 is 1.38 bits per heavy atom. The van der Waals surface area contributed by atoms with Gasteiger partial charge in [0.15, 0.2) is 0 Å². The number of nitrogens with one attached hydrogen (secondary N) is 1. The molecule has 1 aromatic rings. The predicted octanol–water partition coefficient (Wildman–Crippen LogP) is 1.62. The summed E-state index contributed by atoms with van der Waals surface area (Å²) in [6, 6.07) is 8.52. The van der Waals surface area contributed by atoms with E-state index in [9.17, 15) is 0 Å². The van der Waals surface area contributed by atoms with Gasteiger partial charge in [0.1, 0.15) is 0 Å². The molecule has 1 aliphatic rings. The number of para-hydroxylation sites is 1. The number of nitrogens with two attached hydrogens (primary N) is 1. The molecule has 1 atom stereocenters. The number of anilines is 1. The van der Waals surface area contributed by atoms with Gasteiger partial charge in [-0.3, -0.25) is 0 Å². The van der Waals surface area contributed by atoms with E-state index < -0.39 is 0 Å². The van der Waals surface area contributed by atoms with Crippen LogP contribution in [-0.2, 0) is 6.42 Å². The lowest BCUT2D eigenvalue weighted by Gasteiger charge is -2.10. The summed E-state index contributed by atoms with van der Waals surface area (Å²) in [4.78, 5) is 0. The Kier molecular flexibility index (Phi) is 2.50. The molecule has 0 saturated carbocycles. The molecule has 0 amide bonds. The predicted molar refractivity (Wildman–Crippen MR) is 55.8 cm³/mol.